The molecule has 0 aromatic carbocycles. The van der Waals surface area contributed by atoms with Crippen LogP contribution in [0.25, 0.3) is 0 Å². The standard InChI is InChI=1S/C11H17N2/c1-3-5-10-11-6-4-7-13(11)9-8-12(10)2/h4,6-7H,3,5,8-9H2,1-2H3/q+1. The number of hydrogen-bond donors (Lipinski definition) is 0. The third-order valence-corrected chi connectivity index (χ3v) is 2.75. The maximum absolute atomic E-state index is 2.39. The van der Waals surface area contributed by atoms with E-state index in [9.17, 15) is 0 Å². The van der Waals surface area contributed by atoms with Crippen molar-refractivity contribution in [3.63, 3.8) is 0 Å². The van der Waals surface area contributed by atoms with Crippen molar-refractivity contribution in [2.24, 2.45) is 0 Å². The van der Waals surface area contributed by atoms with Gasteiger partial charge in [0.15, 0.2) is 12.3 Å². The van der Waals surface area contributed by atoms with Crippen LogP contribution in [0.5, 0.6) is 0 Å². The lowest BCUT2D eigenvalue weighted by molar-refractivity contribution is -0.502. The molecule has 0 fully saturated rings. The molecule has 0 aliphatic carbocycles. The third kappa shape index (κ3) is 1.41. The Hall–Kier alpha value is -1.05. The van der Waals surface area contributed by atoms with Crippen molar-refractivity contribution < 1.29 is 4.58 Å². The van der Waals surface area contributed by atoms with Crippen LogP contribution in [0, 0.1) is 0 Å². The summed E-state index contributed by atoms with van der Waals surface area (Å²) in [6, 6.07) is 4.37. The smallest absolute Gasteiger partial charge is 0.199 e. The second-order valence-corrected chi connectivity index (χ2v) is 3.71. The number of aromatic nitrogens is 1. The van der Waals surface area contributed by atoms with Crippen molar-refractivity contribution in [1.82, 2.24) is 4.57 Å². The Morgan fingerprint density at radius 1 is 1.54 bits per heavy atom. The molecule has 1 aliphatic heterocycles. The molecule has 0 bridgehead atoms. The van der Waals surface area contributed by atoms with Crippen LogP contribution < -0.4 is 0 Å². The molecule has 70 valence electrons. The van der Waals surface area contributed by atoms with Gasteiger partial charge in [0.25, 0.3) is 0 Å². The highest BCUT2D eigenvalue weighted by molar-refractivity contribution is 5.95. The first-order valence-electron chi connectivity index (χ1n) is 5.05. The van der Waals surface area contributed by atoms with Crippen molar-refractivity contribution in [2.75, 3.05) is 13.6 Å². The molecule has 0 atom stereocenters. The van der Waals surface area contributed by atoms with Crippen LogP contribution in [0.4, 0.5) is 0 Å². The van der Waals surface area contributed by atoms with Gasteiger partial charge in [0.05, 0.1) is 6.54 Å². The molecular formula is C11H17N2+. The van der Waals surface area contributed by atoms with E-state index in [0.29, 0.717) is 0 Å². The topological polar surface area (TPSA) is 7.94 Å². The number of likely N-dealkylation sites (N-methyl/N-ethyl adjacent to an activating group) is 1. The molecule has 0 amide bonds. The van der Waals surface area contributed by atoms with E-state index in [1.54, 1.807) is 0 Å². The zero-order valence-corrected chi connectivity index (χ0v) is 8.45. The molecule has 0 N–H and O–H groups in total. The summed E-state index contributed by atoms with van der Waals surface area (Å²) in [4.78, 5) is 0. The maximum Gasteiger partial charge on any atom is 0.199 e. The van der Waals surface area contributed by atoms with Gasteiger partial charge in [0.1, 0.15) is 12.7 Å². The molecular weight excluding hydrogens is 160 g/mol. The Labute approximate surface area is 79.5 Å². The summed E-state index contributed by atoms with van der Waals surface area (Å²) in [5.74, 6) is 0. The molecule has 2 rings (SSSR count). The molecule has 0 spiro atoms. The second kappa shape index (κ2) is 3.36. The Morgan fingerprint density at radius 2 is 2.38 bits per heavy atom. The largest absolute Gasteiger partial charge is 0.337 e. The minimum absolute atomic E-state index is 1.13. The summed E-state index contributed by atoms with van der Waals surface area (Å²) in [6.45, 7) is 4.52. The highest BCUT2D eigenvalue weighted by Crippen LogP contribution is 2.11. The Balaban J connectivity index is 2.40. The van der Waals surface area contributed by atoms with Crippen LogP contribution in [0.1, 0.15) is 25.5 Å². The Morgan fingerprint density at radius 3 is 3.15 bits per heavy atom. The van der Waals surface area contributed by atoms with Crippen molar-refractivity contribution in [3.8, 4) is 0 Å². The first kappa shape index (κ1) is 8.54. The minimum Gasteiger partial charge on any atom is -0.337 e. The molecule has 2 heteroatoms. The van der Waals surface area contributed by atoms with Gasteiger partial charge in [-0.3, -0.25) is 0 Å². The van der Waals surface area contributed by atoms with Crippen molar-refractivity contribution in [2.45, 2.75) is 26.3 Å². The van der Waals surface area contributed by atoms with E-state index in [2.05, 4.69) is 41.4 Å². The molecule has 0 saturated carbocycles. The lowest BCUT2D eigenvalue weighted by atomic mass is 10.1. The van der Waals surface area contributed by atoms with E-state index in [0.717, 1.165) is 13.1 Å². The van der Waals surface area contributed by atoms with Crippen LogP contribution in [-0.4, -0.2) is 28.4 Å². The zero-order valence-electron chi connectivity index (χ0n) is 8.45. The van der Waals surface area contributed by atoms with Crippen LogP contribution >= 0.6 is 0 Å². The first-order valence-corrected chi connectivity index (χ1v) is 5.05. The van der Waals surface area contributed by atoms with E-state index < -0.39 is 0 Å². The van der Waals surface area contributed by atoms with E-state index >= 15 is 0 Å². The van der Waals surface area contributed by atoms with Gasteiger partial charge in [-0.25, -0.2) is 4.58 Å². The second-order valence-electron chi connectivity index (χ2n) is 3.71. The molecule has 0 radical (unpaired) electrons. The lowest BCUT2D eigenvalue weighted by Gasteiger charge is -2.15. The number of fused-ring (bicyclic) bond motifs is 1. The quantitative estimate of drug-likeness (QED) is 0.608. The van der Waals surface area contributed by atoms with E-state index in [-0.39, 0.29) is 0 Å². The lowest BCUT2D eigenvalue weighted by Crippen LogP contribution is -2.30. The molecule has 0 saturated heterocycles. The van der Waals surface area contributed by atoms with Gasteiger partial charge in [0, 0.05) is 12.6 Å². The van der Waals surface area contributed by atoms with Crippen LogP contribution in [0.15, 0.2) is 18.3 Å². The monoisotopic (exact) mass is 177 g/mol. The van der Waals surface area contributed by atoms with Gasteiger partial charge in [-0.1, -0.05) is 6.92 Å². The predicted molar refractivity (Wildman–Crippen MR) is 54.5 cm³/mol. The Bertz CT molecular complexity index is 334. The minimum atomic E-state index is 1.13. The summed E-state index contributed by atoms with van der Waals surface area (Å²) in [7, 11) is 2.20. The molecule has 1 aliphatic rings. The summed E-state index contributed by atoms with van der Waals surface area (Å²) >= 11 is 0. The van der Waals surface area contributed by atoms with Crippen molar-refractivity contribution >= 4 is 5.71 Å². The van der Waals surface area contributed by atoms with Gasteiger partial charge in [-0.05, 0) is 18.6 Å². The normalized spacial score (nSPS) is 16.2. The van der Waals surface area contributed by atoms with Crippen molar-refractivity contribution in [1.29, 1.82) is 0 Å². The fourth-order valence-corrected chi connectivity index (χ4v) is 2.02. The highest BCUT2D eigenvalue weighted by Gasteiger charge is 2.21. The van der Waals surface area contributed by atoms with Crippen LogP contribution in [0.3, 0.4) is 0 Å². The molecule has 0 unspecified atom stereocenters. The molecule has 2 heterocycles. The average Bonchev–Trinajstić information content (AvgIpc) is 2.58. The zero-order chi connectivity index (χ0) is 9.26. The number of hydrogen-bond acceptors (Lipinski definition) is 0. The fourth-order valence-electron chi connectivity index (χ4n) is 2.02. The van der Waals surface area contributed by atoms with E-state index in [1.165, 1.54) is 24.2 Å². The van der Waals surface area contributed by atoms with Crippen LogP contribution in [0.2, 0.25) is 0 Å². The molecule has 1 aromatic rings. The van der Waals surface area contributed by atoms with Crippen molar-refractivity contribution in [3.05, 3.63) is 24.0 Å². The first-order chi connectivity index (χ1) is 6.33. The molecule has 1 aromatic heterocycles. The van der Waals surface area contributed by atoms with Gasteiger partial charge in [-0.2, -0.15) is 0 Å². The average molecular weight is 177 g/mol. The van der Waals surface area contributed by atoms with E-state index in [1.807, 2.05) is 0 Å². The molecule has 13 heavy (non-hydrogen) atoms. The third-order valence-electron chi connectivity index (χ3n) is 2.75. The summed E-state index contributed by atoms with van der Waals surface area (Å²) in [5, 5.41) is 0. The van der Waals surface area contributed by atoms with Crippen LogP contribution in [-0.2, 0) is 6.54 Å². The summed E-state index contributed by atoms with van der Waals surface area (Å²) < 4.78 is 4.74. The van der Waals surface area contributed by atoms with Gasteiger partial charge >= 0.3 is 0 Å². The van der Waals surface area contributed by atoms with Gasteiger partial charge in [0.2, 0.25) is 0 Å². The number of nitrogens with zero attached hydrogens (tertiary/aromatic N) is 2. The Kier molecular flexibility index (Phi) is 2.21. The summed E-state index contributed by atoms with van der Waals surface area (Å²) in [5.41, 5.74) is 2.91. The fraction of sp³-hybridized carbons (Fsp3) is 0.545. The molecule has 2 nitrogen and oxygen atoms in total. The number of rotatable bonds is 2. The maximum atomic E-state index is 2.39. The summed E-state index contributed by atoms with van der Waals surface area (Å²) in [6.07, 6.45) is 4.60. The highest BCUT2D eigenvalue weighted by atomic mass is 15.1. The van der Waals surface area contributed by atoms with Gasteiger partial charge in [-0.15, -0.1) is 0 Å². The predicted octanol–water partition coefficient (Wildman–Crippen LogP) is 1.73. The van der Waals surface area contributed by atoms with Gasteiger partial charge < -0.3 is 4.57 Å². The van der Waals surface area contributed by atoms with E-state index in [4.69, 9.17) is 0 Å². The SMILES string of the molecule is CCCC1=[N+](C)CCn2cccc21.